The molecule has 0 spiro atoms. The highest BCUT2D eigenvalue weighted by atomic mass is 16.6. The van der Waals surface area contributed by atoms with Crippen LogP contribution in [0.4, 0.5) is 33.2 Å². The van der Waals surface area contributed by atoms with E-state index in [-0.39, 0.29) is 24.5 Å². The van der Waals surface area contributed by atoms with Crippen molar-refractivity contribution in [1.82, 2.24) is 5.32 Å². The zero-order valence-corrected chi connectivity index (χ0v) is 14.5. The van der Waals surface area contributed by atoms with Crippen LogP contribution in [0.5, 0.6) is 0 Å². The highest BCUT2D eigenvalue weighted by molar-refractivity contribution is 5.89. The number of anilines is 4. The second-order valence-electron chi connectivity index (χ2n) is 5.45. The number of nitrogens with two attached hydrogens (primary N) is 1. The van der Waals surface area contributed by atoms with Gasteiger partial charge in [-0.1, -0.05) is 0 Å². The molecule has 0 heterocycles. The zero-order chi connectivity index (χ0) is 19.8. The summed E-state index contributed by atoms with van der Waals surface area (Å²) >= 11 is 0. The lowest BCUT2D eigenvalue weighted by Gasteiger charge is -2.11. The van der Waals surface area contributed by atoms with E-state index in [1.54, 1.807) is 24.3 Å². The van der Waals surface area contributed by atoms with Crippen molar-refractivity contribution in [3.05, 3.63) is 52.6 Å². The first-order valence-corrected chi connectivity index (χ1v) is 7.94. The fourth-order valence-electron chi connectivity index (χ4n) is 2.10. The van der Waals surface area contributed by atoms with Crippen LogP contribution < -0.4 is 21.7 Å². The lowest BCUT2D eigenvalue weighted by molar-refractivity contribution is -0.384. The number of hydrogen-bond donors (Lipinski definition) is 4. The number of benzene rings is 2. The van der Waals surface area contributed by atoms with E-state index in [0.717, 1.165) is 0 Å². The maximum atomic E-state index is 11.7. The van der Waals surface area contributed by atoms with E-state index in [0.29, 0.717) is 17.1 Å². The maximum Gasteiger partial charge on any atom is 0.319 e. The normalized spacial score (nSPS) is 9.96. The third kappa shape index (κ3) is 6.20. The van der Waals surface area contributed by atoms with Crippen LogP contribution in [0.3, 0.4) is 0 Å². The van der Waals surface area contributed by atoms with E-state index in [9.17, 15) is 19.7 Å². The number of rotatable bonds is 7. The van der Waals surface area contributed by atoms with Gasteiger partial charge in [0.25, 0.3) is 5.69 Å². The molecule has 0 saturated heterocycles. The first-order valence-electron chi connectivity index (χ1n) is 7.94. The van der Waals surface area contributed by atoms with E-state index >= 15 is 0 Å². The molecular formula is C17H19N5O5. The molecule has 0 bridgehead atoms. The minimum absolute atomic E-state index is 0.0858. The third-order valence-corrected chi connectivity index (χ3v) is 3.36. The number of ether oxygens (including phenoxy) is 1. The molecule has 2 amide bonds. The van der Waals surface area contributed by atoms with Crippen LogP contribution in [0.1, 0.15) is 6.92 Å². The summed E-state index contributed by atoms with van der Waals surface area (Å²) < 4.78 is 4.71. The van der Waals surface area contributed by atoms with Gasteiger partial charge in [0.15, 0.2) is 0 Å². The Hall–Kier alpha value is -3.82. The number of nitrogens with zero attached hydrogens (tertiary/aromatic N) is 1. The summed E-state index contributed by atoms with van der Waals surface area (Å²) in [7, 11) is 0. The number of urea groups is 1. The van der Waals surface area contributed by atoms with Crippen LogP contribution in [0.15, 0.2) is 42.5 Å². The van der Waals surface area contributed by atoms with E-state index in [2.05, 4.69) is 16.0 Å². The van der Waals surface area contributed by atoms with Gasteiger partial charge >= 0.3 is 12.0 Å². The molecule has 2 aromatic rings. The Morgan fingerprint density at radius 1 is 1.15 bits per heavy atom. The van der Waals surface area contributed by atoms with E-state index in [1.165, 1.54) is 25.1 Å². The number of nitrogens with one attached hydrogen (secondary N) is 3. The zero-order valence-electron chi connectivity index (χ0n) is 14.5. The van der Waals surface area contributed by atoms with Gasteiger partial charge in [-0.2, -0.15) is 0 Å². The Balaban J connectivity index is 1.89. The second kappa shape index (κ2) is 9.04. The number of amides is 2. The van der Waals surface area contributed by atoms with Gasteiger partial charge in [0, 0.05) is 30.4 Å². The molecule has 0 saturated carbocycles. The van der Waals surface area contributed by atoms with Crippen molar-refractivity contribution >= 4 is 40.4 Å². The summed E-state index contributed by atoms with van der Waals surface area (Å²) in [6.45, 7) is 1.59. The molecular weight excluding hydrogens is 354 g/mol. The molecule has 0 unspecified atom stereocenters. The smallest absolute Gasteiger partial charge is 0.319 e. The molecule has 0 radical (unpaired) electrons. The summed E-state index contributed by atoms with van der Waals surface area (Å²) in [5.74, 6) is -0.408. The Morgan fingerprint density at radius 2 is 1.81 bits per heavy atom. The number of non-ortho nitro benzene ring substituents is 1. The SMILES string of the molecule is CC(=O)OCCNC(=O)Nc1ccc(Nc2ccc([N+](=O)[O-])cc2N)cc1. The highest BCUT2D eigenvalue weighted by Gasteiger charge is 2.09. The van der Waals surface area contributed by atoms with Crippen LogP contribution in [-0.2, 0) is 9.53 Å². The molecule has 0 atom stereocenters. The summed E-state index contributed by atoms with van der Waals surface area (Å²) in [6.07, 6.45) is 0. The topological polar surface area (TPSA) is 149 Å². The average molecular weight is 373 g/mol. The predicted molar refractivity (Wildman–Crippen MR) is 101 cm³/mol. The van der Waals surface area contributed by atoms with Crippen molar-refractivity contribution in [3.63, 3.8) is 0 Å². The van der Waals surface area contributed by atoms with Gasteiger partial charge in [0.2, 0.25) is 0 Å². The number of esters is 1. The Bertz CT molecular complexity index is 838. The molecule has 2 rings (SSSR count). The minimum atomic E-state index is -0.516. The average Bonchev–Trinajstić information content (AvgIpc) is 2.61. The molecule has 10 nitrogen and oxygen atoms in total. The number of nitro benzene ring substituents is 1. The van der Waals surface area contributed by atoms with Crippen LogP contribution in [-0.4, -0.2) is 30.1 Å². The van der Waals surface area contributed by atoms with Crippen molar-refractivity contribution in [2.24, 2.45) is 0 Å². The summed E-state index contributed by atoms with van der Waals surface area (Å²) in [5, 5.41) is 19.0. The number of nitrogen functional groups attached to an aromatic ring is 1. The standard InChI is InChI=1S/C17H19N5O5/c1-11(23)27-9-8-19-17(24)21-13-4-2-12(3-5-13)20-16-7-6-14(22(25)26)10-15(16)18/h2-7,10,20H,8-9,18H2,1H3,(H2,19,21,24). The summed E-state index contributed by atoms with van der Waals surface area (Å²) in [6, 6.07) is 10.5. The van der Waals surface area contributed by atoms with E-state index in [4.69, 9.17) is 10.5 Å². The fraction of sp³-hybridized carbons (Fsp3) is 0.176. The maximum absolute atomic E-state index is 11.7. The molecule has 0 aliphatic carbocycles. The van der Waals surface area contributed by atoms with E-state index < -0.39 is 16.9 Å². The first kappa shape index (κ1) is 19.5. The minimum Gasteiger partial charge on any atom is -0.464 e. The van der Waals surface area contributed by atoms with Crippen molar-refractivity contribution in [3.8, 4) is 0 Å². The van der Waals surface area contributed by atoms with Crippen molar-refractivity contribution in [2.45, 2.75) is 6.92 Å². The molecule has 2 aromatic carbocycles. The second-order valence-corrected chi connectivity index (χ2v) is 5.45. The molecule has 0 aliphatic rings. The Labute approximate surface area is 154 Å². The lowest BCUT2D eigenvalue weighted by atomic mass is 10.2. The quantitative estimate of drug-likeness (QED) is 0.192. The first-order chi connectivity index (χ1) is 12.8. The van der Waals surface area contributed by atoms with Gasteiger partial charge in [-0.05, 0) is 30.3 Å². The number of hydrogen-bond acceptors (Lipinski definition) is 7. The van der Waals surface area contributed by atoms with Gasteiger partial charge in [-0.3, -0.25) is 14.9 Å². The Morgan fingerprint density at radius 3 is 2.41 bits per heavy atom. The van der Waals surface area contributed by atoms with Crippen molar-refractivity contribution in [1.29, 1.82) is 0 Å². The molecule has 10 heteroatoms. The van der Waals surface area contributed by atoms with Crippen molar-refractivity contribution < 1.29 is 19.2 Å². The lowest BCUT2D eigenvalue weighted by Crippen LogP contribution is -2.31. The van der Waals surface area contributed by atoms with Gasteiger partial charge < -0.3 is 26.4 Å². The van der Waals surface area contributed by atoms with Gasteiger partial charge in [-0.15, -0.1) is 0 Å². The molecule has 0 aliphatic heterocycles. The fourth-order valence-corrected chi connectivity index (χ4v) is 2.10. The number of nitro groups is 1. The number of carbonyl (C=O) groups excluding carboxylic acids is 2. The monoisotopic (exact) mass is 373 g/mol. The molecule has 0 fully saturated rings. The van der Waals surface area contributed by atoms with Gasteiger partial charge in [0.05, 0.1) is 22.8 Å². The van der Waals surface area contributed by atoms with Crippen LogP contribution in [0.25, 0.3) is 0 Å². The predicted octanol–water partition coefficient (Wildman–Crippen LogP) is 2.61. The van der Waals surface area contributed by atoms with Crippen LogP contribution in [0.2, 0.25) is 0 Å². The molecule has 5 N–H and O–H groups in total. The Kier molecular flexibility index (Phi) is 6.53. The van der Waals surface area contributed by atoms with Crippen LogP contribution in [0, 0.1) is 10.1 Å². The summed E-state index contributed by atoms with van der Waals surface area (Å²) in [4.78, 5) is 32.5. The molecule has 27 heavy (non-hydrogen) atoms. The van der Waals surface area contributed by atoms with Crippen molar-refractivity contribution in [2.75, 3.05) is 29.5 Å². The largest absolute Gasteiger partial charge is 0.464 e. The summed E-state index contributed by atoms with van der Waals surface area (Å²) in [5.41, 5.74) is 7.76. The van der Waals surface area contributed by atoms with E-state index in [1.807, 2.05) is 0 Å². The third-order valence-electron chi connectivity index (χ3n) is 3.36. The molecule has 0 aromatic heterocycles. The molecule has 142 valence electrons. The van der Waals surface area contributed by atoms with Gasteiger partial charge in [-0.25, -0.2) is 4.79 Å². The van der Waals surface area contributed by atoms with Crippen LogP contribution >= 0.6 is 0 Å². The van der Waals surface area contributed by atoms with Gasteiger partial charge in [0.1, 0.15) is 6.61 Å². The highest BCUT2D eigenvalue weighted by Crippen LogP contribution is 2.27. The number of carbonyl (C=O) groups is 2.